The Kier molecular flexibility index (Phi) is 6.50. The van der Waals surface area contributed by atoms with E-state index in [-0.39, 0.29) is 11.9 Å². The Labute approximate surface area is 208 Å². The zero-order valence-corrected chi connectivity index (χ0v) is 19.8. The lowest BCUT2D eigenvalue weighted by molar-refractivity contribution is 0.0958. The van der Waals surface area contributed by atoms with E-state index in [2.05, 4.69) is 36.5 Å². The number of fused-ring (bicyclic) bond motifs is 3. The van der Waals surface area contributed by atoms with Gasteiger partial charge in [-0.05, 0) is 42.0 Å². The molecule has 2 atom stereocenters. The molecule has 3 N–H and O–H groups in total. The summed E-state index contributed by atoms with van der Waals surface area (Å²) in [7, 11) is 1.57. The van der Waals surface area contributed by atoms with Crippen LogP contribution in [0.15, 0.2) is 48.8 Å². The average molecular weight is 488 g/mol. The van der Waals surface area contributed by atoms with E-state index in [1.807, 2.05) is 12.1 Å². The highest BCUT2D eigenvalue weighted by Gasteiger charge is 2.29. The van der Waals surface area contributed by atoms with E-state index in [0.717, 1.165) is 24.3 Å². The van der Waals surface area contributed by atoms with Gasteiger partial charge in [-0.2, -0.15) is 5.26 Å². The number of aliphatic hydroxyl groups is 1. The number of benzene rings is 1. The molecule has 1 unspecified atom stereocenters. The number of nitrogens with zero attached hydrogens (tertiary/aromatic N) is 5. The van der Waals surface area contributed by atoms with E-state index in [1.165, 1.54) is 12.1 Å². The van der Waals surface area contributed by atoms with Crippen molar-refractivity contribution in [1.82, 2.24) is 20.2 Å². The molecule has 0 spiro atoms. The Balaban J connectivity index is 1.32. The second kappa shape index (κ2) is 9.89. The topological polar surface area (TPSA) is 117 Å². The summed E-state index contributed by atoms with van der Waals surface area (Å²) in [6.07, 6.45) is 2.84. The number of piperazine rings is 1. The van der Waals surface area contributed by atoms with E-state index in [0.29, 0.717) is 47.7 Å². The van der Waals surface area contributed by atoms with Gasteiger partial charge in [-0.25, -0.2) is 9.37 Å². The van der Waals surface area contributed by atoms with Crippen LogP contribution in [-0.2, 0) is 6.54 Å². The summed E-state index contributed by atoms with van der Waals surface area (Å²) in [6, 6.07) is 12.2. The zero-order chi connectivity index (χ0) is 25.2. The Morgan fingerprint density at radius 3 is 2.86 bits per heavy atom. The first-order chi connectivity index (χ1) is 17.5. The summed E-state index contributed by atoms with van der Waals surface area (Å²) in [5.41, 5.74) is 4.75. The molecular formula is C26H26FN7O2. The number of pyridine rings is 2. The van der Waals surface area contributed by atoms with Crippen molar-refractivity contribution in [2.45, 2.75) is 25.2 Å². The number of hydrogen-bond acceptors (Lipinski definition) is 8. The highest BCUT2D eigenvalue weighted by atomic mass is 19.1. The first kappa shape index (κ1) is 23.7. The van der Waals surface area contributed by atoms with Crippen LogP contribution in [0.3, 0.4) is 0 Å². The lowest BCUT2D eigenvalue weighted by Crippen LogP contribution is -2.52. The lowest BCUT2D eigenvalue weighted by atomic mass is 9.96. The molecule has 0 saturated carbocycles. The number of carbonyl (C=O) groups excluding carboxylic acids is 1. The molecule has 3 aromatic rings. The van der Waals surface area contributed by atoms with Crippen LogP contribution >= 0.6 is 0 Å². The fraction of sp³-hybridized carbons (Fsp3) is 0.308. The molecule has 4 heterocycles. The average Bonchev–Trinajstić information content (AvgIpc) is 2.89. The third-order valence-corrected chi connectivity index (χ3v) is 6.69. The zero-order valence-electron chi connectivity index (χ0n) is 19.8. The van der Waals surface area contributed by atoms with Crippen molar-refractivity contribution in [2.75, 3.05) is 36.9 Å². The molecule has 184 valence electrons. The summed E-state index contributed by atoms with van der Waals surface area (Å²) < 4.78 is 13.7. The molecule has 1 fully saturated rings. The molecule has 1 saturated heterocycles. The van der Waals surface area contributed by atoms with Crippen LogP contribution in [0.2, 0.25) is 0 Å². The number of nitrogens with one attached hydrogen (secondary N) is 2. The molecule has 0 radical (unpaired) electrons. The van der Waals surface area contributed by atoms with E-state index in [4.69, 9.17) is 0 Å². The summed E-state index contributed by atoms with van der Waals surface area (Å²) in [5, 5.41) is 25.5. The van der Waals surface area contributed by atoms with E-state index < -0.39 is 12.0 Å². The molecule has 0 bridgehead atoms. The Hall–Kier alpha value is -4.07. The Morgan fingerprint density at radius 1 is 1.25 bits per heavy atom. The van der Waals surface area contributed by atoms with Gasteiger partial charge in [0.2, 0.25) is 0 Å². The van der Waals surface area contributed by atoms with Gasteiger partial charge in [-0.15, -0.1) is 0 Å². The second-order valence-electron chi connectivity index (χ2n) is 8.93. The molecule has 5 rings (SSSR count). The van der Waals surface area contributed by atoms with Gasteiger partial charge in [0.15, 0.2) is 6.23 Å². The van der Waals surface area contributed by atoms with Gasteiger partial charge in [0.1, 0.15) is 11.5 Å². The highest BCUT2D eigenvalue weighted by Crippen LogP contribution is 2.39. The number of nitriles is 1. The standard InChI is InChI=1S/C26H26FN7O2/c1-29-26(36)22-5-3-18(13-30-22)34-9-8-33(19(15-34)6-7-28)14-16-10-23-24(31-12-16)20-4-2-17(27)11-21(20)25(35)32-23/h2-5,10-13,19,25,32,35H,6,8-9,14-15H2,1H3,(H,29,36)/t19-,25?/m0/s1. The second-order valence-corrected chi connectivity index (χ2v) is 8.93. The SMILES string of the molecule is CNC(=O)c1ccc(N2CCN(Cc3cnc4c(c3)NC(O)c3cc(F)ccc3-4)[C@@H](CC#N)C2)cn1. The lowest BCUT2D eigenvalue weighted by Gasteiger charge is -2.41. The molecule has 1 amide bonds. The minimum Gasteiger partial charge on any atom is -0.369 e. The third-order valence-electron chi connectivity index (χ3n) is 6.69. The van der Waals surface area contributed by atoms with Crippen LogP contribution < -0.4 is 15.5 Å². The third kappa shape index (κ3) is 4.58. The number of hydrogen-bond donors (Lipinski definition) is 3. The van der Waals surface area contributed by atoms with Gasteiger partial charge in [-0.3, -0.25) is 14.7 Å². The molecule has 9 nitrogen and oxygen atoms in total. The molecule has 2 aliphatic rings. The van der Waals surface area contributed by atoms with Crippen LogP contribution in [0.5, 0.6) is 0 Å². The smallest absolute Gasteiger partial charge is 0.269 e. The first-order valence-corrected chi connectivity index (χ1v) is 11.7. The molecule has 1 aromatic carbocycles. The number of amides is 1. The van der Waals surface area contributed by atoms with Crippen LogP contribution in [0.4, 0.5) is 15.8 Å². The molecule has 2 aliphatic heterocycles. The molecule has 10 heteroatoms. The monoisotopic (exact) mass is 487 g/mol. The van der Waals surface area contributed by atoms with Crippen LogP contribution in [0.1, 0.15) is 34.3 Å². The van der Waals surface area contributed by atoms with Crippen LogP contribution in [-0.4, -0.2) is 58.6 Å². The maximum atomic E-state index is 13.7. The molecule has 36 heavy (non-hydrogen) atoms. The largest absolute Gasteiger partial charge is 0.369 e. The van der Waals surface area contributed by atoms with Gasteiger partial charge in [0.05, 0.1) is 35.8 Å². The maximum absolute atomic E-state index is 13.7. The quantitative estimate of drug-likeness (QED) is 0.503. The molecule has 2 aromatic heterocycles. The van der Waals surface area contributed by atoms with Crippen LogP contribution in [0, 0.1) is 17.1 Å². The molecular weight excluding hydrogens is 461 g/mol. The van der Waals surface area contributed by atoms with Crippen molar-refractivity contribution in [1.29, 1.82) is 5.26 Å². The van der Waals surface area contributed by atoms with E-state index in [9.17, 15) is 19.6 Å². The van der Waals surface area contributed by atoms with Crippen molar-refractivity contribution in [3.05, 3.63) is 71.4 Å². The minimum absolute atomic E-state index is 0.000602. The number of anilines is 2. The van der Waals surface area contributed by atoms with Gasteiger partial charge >= 0.3 is 0 Å². The van der Waals surface area contributed by atoms with Gasteiger partial charge in [0.25, 0.3) is 5.91 Å². The number of halogens is 1. The number of carbonyl (C=O) groups is 1. The number of aromatic nitrogens is 2. The highest BCUT2D eigenvalue weighted by molar-refractivity contribution is 5.92. The van der Waals surface area contributed by atoms with Crippen molar-refractivity contribution in [3.8, 4) is 17.3 Å². The van der Waals surface area contributed by atoms with Gasteiger partial charge in [-0.1, -0.05) is 0 Å². The first-order valence-electron chi connectivity index (χ1n) is 11.7. The van der Waals surface area contributed by atoms with Crippen molar-refractivity contribution in [2.24, 2.45) is 0 Å². The summed E-state index contributed by atoms with van der Waals surface area (Å²) in [5.74, 6) is -0.638. The summed E-state index contributed by atoms with van der Waals surface area (Å²) in [4.78, 5) is 25.1. The summed E-state index contributed by atoms with van der Waals surface area (Å²) in [6.45, 7) is 2.74. The van der Waals surface area contributed by atoms with Gasteiger partial charge < -0.3 is 20.6 Å². The maximum Gasteiger partial charge on any atom is 0.269 e. The van der Waals surface area contributed by atoms with Crippen molar-refractivity contribution >= 4 is 17.3 Å². The molecule has 0 aliphatic carbocycles. The number of aliphatic hydroxyl groups excluding tert-OH is 1. The summed E-state index contributed by atoms with van der Waals surface area (Å²) >= 11 is 0. The Bertz CT molecular complexity index is 1320. The predicted molar refractivity (Wildman–Crippen MR) is 132 cm³/mol. The van der Waals surface area contributed by atoms with Crippen molar-refractivity contribution in [3.63, 3.8) is 0 Å². The fourth-order valence-electron chi connectivity index (χ4n) is 4.82. The van der Waals surface area contributed by atoms with E-state index in [1.54, 1.807) is 31.6 Å². The minimum atomic E-state index is -1.02. The fourth-order valence-corrected chi connectivity index (χ4v) is 4.82. The van der Waals surface area contributed by atoms with E-state index >= 15 is 0 Å². The Morgan fingerprint density at radius 2 is 2.11 bits per heavy atom. The van der Waals surface area contributed by atoms with Crippen LogP contribution in [0.25, 0.3) is 11.3 Å². The van der Waals surface area contributed by atoms with Gasteiger partial charge in [0, 0.05) is 56.6 Å². The van der Waals surface area contributed by atoms with Crippen molar-refractivity contribution < 1.29 is 14.3 Å². The normalized spacial score (nSPS) is 19.0. The number of rotatable bonds is 5. The predicted octanol–water partition coefficient (Wildman–Crippen LogP) is 2.66.